The molecule has 0 bridgehead atoms. The van der Waals surface area contributed by atoms with Crippen LogP contribution in [0.15, 0.2) is 200 Å². The SMILES string of the molecule is c1ccc(-c2nc(-c3ccccc3)nc(-c3ccc(N4c5ccccc5-c5ccccc5-c5cc6c(cc54)c4ccccc4n6-c4ccccc4)cc3)n2)cc1. The quantitative estimate of drug-likeness (QED) is 0.178. The summed E-state index contributed by atoms with van der Waals surface area (Å²) in [6.45, 7) is 0. The highest BCUT2D eigenvalue weighted by molar-refractivity contribution is 6.14. The minimum atomic E-state index is 0.628. The fraction of sp³-hybridized carbons (Fsp3) is 0. The zero-order chi connectivity index (χ0) is 37.0. The molecular formula is C51H33N5. The van der Waals surface area contributed by atoms with Crippen LogP contribution in [0.1, 0.15) is 0 Å². The minimum Gasteiger partial charge on any atom is -0.309 e. The third kappa shape index (κ3) is 5.21. The van der Waals surface area contributed by atoms with E-state index in [1.54, 1.807) is 0 Å². The monoisotopic (exact) mass is 715 g/mol. The summed E-state index contributed by atoms with van der Waals surface area (Å²) in [5.41, 5.74) is 14.3. The Morgan fingerprint density at radius 2 is 0.804 bits per heavy atom. The number of fused-ring (bicyclic) bond motifs is 8. The summed E-state index contributed by atoms with van der Waals surface area (Å²) in [5, 5.41) is 2.42. The van der Waals surface area contributed by atoms with E-state index in [-0.39, 0.29) is 0 Å². The highest BCUT2D eigenvalue weighted by Gasteiger charge is 2.28. The summed E-state index contributed by atoms with van der Waals surface area (Å²) in [4.78, 5) is 17.3. The summed E-state index contributed by atoms with van der Waals surface area (Å²) in [6.07, 6.45) is 0. The van der Waals surface area contributed by atoms with Crippen molar-refractivity contribution in [3.8, 4) is 62.1 Å². The second kappa shape index (κ2) is 13.0. The molecule has 11 rings (SSSR count). The molecule has 0 fully saturated rings. The molecule has 1 aliphatic rings. The standard InChI is InChI=1S/C51H33N5/c1-4-16-34(17-5-1)49-52-50(35-18-6-2-7-19-35)54-51(53-49)36-28-30-38(31-29-36)56-45-26-14-12-24-41(45)39-22-10-11-23-40(39)43-32-48-44(33-47(43)56)42-25-13-15-27-46(42)55(48)37-20-8-3-9-21-37/h1-33H. The first-order chi connectivity index (χ1) is 27.8. The summed E-state index contributed by atoms with van der Waals surface area (Å²) in [6, 6.07) is 70.6. The van der Waals surface area contributed by atoms with Crippen LogP contribution >= 0.6 is 0 Å². The number of hydrogen-bond acceptors (Lipinski definition) is 4. The molecule has 3 heterocycles. The number of hydrogen-bond donors (Lipinski definition) is 0. The van der Waals surface area contributed by atoms with Gasteiger partial charge in [0.2, 0.25) is 0 Å². The topological polar surface area (TPSA) is 46.8 Å². The van der Waals surface area contributed by atoms with Crippen LogP contribution in [0.2, 0.25) is 0 Å². The number of anilines is 3. The Kier molecular flexibility index (Phi) is 7.42. The highest BCUT2D eigenvalue weighted by atomic mass is 15.2. The molecule has 0 atom stereocenters. The van der Waals surface area contributed by atoms with E-state index in [4.69, 9.17) is 15.0 Å². The first kappa shape index (κ1) is 31.9. The van der Waals surface area contributed by atoms with E-state index in [0.717, 1.165) is 39.4 Å². The highest BCUT2D eigenvalue weighted by Crippen LogP contribution is 2.52. The van der Waals surface area contributed by atoms with Gasteiger partial charge in [0, 0.05) is 50.0 Å². The molecule has 0 spiro atoms. The number of nitrogens with zero attached hydrogens (tertiary/aromatic N) is 5. The lowest BCUT2D eigenvalue weighted by molar-refractivity contribution is 1.07. The second-order valence-corrected chi connectivity index (χ2v) is 14.1. The van der Waals surface area contributed by atoms with Gasteiger partial charge in [0.25, 0.3) is 0 Å². The Morgan fingerprint density at radius 3 is 1.45 bits per heavy atom. The van der Waals surface area contributed by atoms with Crippen molar-refractivity contribution in [2.45, 2.75) is 0 Å². The van der Waals surface area contributed by atoms with Crippen LogP contribution in [0.3, 0.4) is 0 Å². The van der Waals surface area contributed by atoms with Crippen LogP contribution in [-0.4, -0.2) is 19.5 Å². The van der Waals surface area contributed by atoms with E-state index in [1.807, 2.05) is 60.7 Å². The lowest BCUT2D eigenvalue weighted by Gasteiger charge is -2.27. The molecule has 262 valence electrons. The van der Waals surface area contributed by atoms with Crippen molar-refractivity contribution < 1.29 is 0 Å². The van der Waals surface area contributed by atoms with Crippen LogP contribution in [0.25, 0.3) is 83.9 Å². The van der Waals surface area contributed by atoms with E-state index in [0.29, 0.717) is 17.5 Å². The number of rotatable bonds is 5. The zero-order valence-corrected chi connectivity index (χ0v) is 30.3. The van der Waals surface area contributed by atoms with Gasteiger partial charge in [-0.05, 0) is 71.8 Å². The van der Waals surface area contributed by atoms with Gasteiger partial charge in [-0.15, -0.1) is 0 Å². The van der Waals surface area contributed by atoms with Gasteiger partial charge in [0.15, 0.2) is 17.5 Å². The van der Waals surface area contributed by atoms with Crippen molar-refractivity contribution in [2.24, 2.45) is 0 Å². The van der Waals surface area contributed by atoms with Gasteiger partial charge in [-0.1, -0.05) is 140 Å². The molecule has 56 heavy (non-hydrogen) atoms. The van der Waals surface area contributed by atoms with Crippen LogP contribution in [0.4, 0.5) is 17.1 Å². The molecule has 5 nitrogen and oxygen atoms in total. The number of aromatic nitrogens is 4. The van der Waals surface area contributed by atoms with Crippen molar-refractivity contribution in [3.63, 3.8) is 0 Å². The van der Waals surface area contributed by atoms with Crippen LogP contribution in [0, 0.1) is 0 Å². The lowest BCUT2D eigenvalue weighted by Crippen LogP contribution is -2.11. The molecule has 10 aromatic rings. The molecule has 0 radical (unpaired) electrons. The maximum Gasteiger partial charge on any atom is 0.164 e. The van der Waals surface area contributed by atoms with Crippen molar-refractivity contribution >= 4 is 38.9 Å². The maximum absolute atomic E-state index is 5.01. The summed E-state index contributed by atoms with van der Waals surface area (Å²) < 4.78 is 2.40. The predicted molar refractivity (Wildman–Crippen MR) is 230 cm³/mol. The first-order valence-electron chi connectivity index (χ1n) is 18.9. The van der Waals surface area contributed by atoms with E-state index < -0.39 is 0 Å². The fourth-order valence-electron chi connectivity index (χ4n) is 8.21. The summed E-state index contributed by atoms with van der Waals surface area (Å²) in [7, 11) is 0. The molecule has 0 aliphatic carbocycles. The molecule has 0 N–H and O–H groups in total. The predicted octanol–water partition coefficient (Wildman–Crippen LogP) is 13.1. The van der Waals surface area contributed by atoms with Gasteiger partial charge >= 0.3 is 0 Å². The Labute approximate surface area is 324 Å². The summed E-state index contributed by atoms with van der Waals surface area (Å²) in [5.74, 6) is 1.92. The smallest absolute Gasteiger partial charge is 0.164 e. The average molecular weight is 716 g/mol. The molecule has 5 heteroatoms. The molecule has 8 aromatic carbocycles. The first-order valence-corrected chi connectivity index (χ1v) is 18.9. The molecule has 0 amide bonds. The third-order valence-corrected chi connectivity index (χ3v) is 10.8. The molecule has 0 saturated heterocycles. The Bertz CT molecular complexity index is 3010. The number of para-hydroxylation sites is 3. The molecule has 2 aromatic heterocycles. The Morgan fingerprint density at radius 1 is 0.304 bits per heavy atom. The third-order valence-electron chi connectivity index (χ3n) is 10.8. The fourth-order valence-corrected chi connectivity index (χ4v) is 8.21. The normalized spacial score (nSPS) is 11.9. The van der Waals surface area contributed by atoms with E-state index in [2.05, 4.69) is 149 Å². The summed E-state index contributed by atoms with van der Waals surface area (Å²) >= 11 is 0. The van der Waals surface area contributed by atoms with E-state index >= 15 is 0 Å². The van der Waals surface area contributed by atoms with E-state index in [9.17, 15) is 0 Å². The van der Waals surface area contributed by atoms with Gasteiger partial charge < -0.3 is 9.47 Å². The Hall–Kier alpha value is -7.63. The molecule has 1 aliphatic heterocycles. The average Bonchev–Trinajstić information content (AvgIpc) is 3.54. The van der Waals surface area contributed by atoms with Crippen molar-refractivity contribution in [1.82, 2.24) is 19.5 Å². The second-order valence-electron chi connectivity index (χ2n) is 14.1. The van der Waals surface area contributed by atoms with Gasteiger partial charge in [0.1, 0.15) is 0 Å². The van der Waals surface area contributed by atoms with E-state index in [1.165, 1.54) is 44.1 Å². The largest absolute Gasteiger partial charge is 0.309 e. The van der Waals surface area contributed by atoms with Gasteiger partial charge in [-0.25, -0.2) is 15.0 Å². The maximum atomic E-state index is 5.01. The van der Waals surface area contributed by atoms with Crippen LogP contribution in [0.5, 0.6) is 0 Å². The van der Waals surface area contributed by atoms with Crippen molar-refractivity contribution in [3.05, 3.63) is 200 Å². The lowest BCUT2D eigenvalue weighted by atomic mass is 9.94. The number of benzene rings is 8. The van der Waals surface area contributed by atoms with Crippen LogP contribution < -0.4 is 4.90 Å². The zero-order valence-electron chi connectivity index (χ0n) is 30.3. The molecule has 0 saturated carbocycles. The van der Waals surface area contributed by atoms with Gasteiger partial charge in [-0.3, -0.25) is 0 Å². The Balaban J connectivity index is 1.13. The molecular weight excluding hydrogens is 683 g/mol. The molecule has 0 unspecified atom stereocenters. The van der Waals surface area contributed by atoms with Gasteiger partial charge in [0.05, 0.1) is 22.4 Å². The van der Waals surface area contributed by atoms with Gasteiger partial charge in [-0.2, -0.15) is 0 Å². The van der Waals surface area contributed by atoms with Crippen LogP contribution in [-0.2, 0) is 0 Å². The van der Waals surface area contributed by atoms with Crippen molar-refractivity contribution in [1.29, 1.82) is 0 Å². The van der Waals surface area contributed by atoms with Crippen molar-refractivity contribution in [2.75, 3.05) is 4.90 Å². The minimum absolute atomic E-state index is 0.628.